The van der Waals surface area contributed by atoms with Gasteiger partial charge in [-0.1, -0.05) is 31.2 Å². The minimum absolute atomic E-state index is 0.141. The number of rotatable bonds is 6. The van der Waals surface area contributed by atoms with E-state index in [9.17, 15) is 4.79 Å². The van der Waals surface area contributed by atoms with Crippen LogP contribution in [0, 0.1) is 6.92 Å². The van der Waals surface area contributed by atoms with Crippen LogP contribution in [0.25, 0.3) is 10.9 Å². The molecule has 0 radical (unpaired) electrons. The molecule has 1 aliphatic rings. The molecule has 0 saturated heterocycles. The molecular weight excluding hydrogens is 328 g/mol. The molecule has 2 aromatic carbocycles. The summed E-state index contributed by atoms with van der Waals surface area (Å²) < 4.78 is 10.8. The van der Waals surface area contributed by atoms with Crippen molar-refractivity contribution in [2.75, 3.05) is 19.9 Å². The number of ketones is 1. The second-order valence-electron chi connectivity index (χ2n) is 6.58. The zero-order chi connectivity index (χ0) is 18.1. The van der Waals surface area contributed by atoms with Gasteiger partial charge in [0.2, 0.25) is 6.79 Å². The number of aromatic nitrogens is 1. The summed E-state index contributed by atoms with van der Waals surface area (Å²) in [5, 5.41) is 0.995. The van der Waals surface area contributed by atoms with Gasteiger partial charge in [-0.15, -0.1) is 0 Å². The van der Waals surface area contributed by atoms with Crippen LogP contribution in [0.3, 0.4) is 0 Å². The van der Waals surface area contributed by atoms with E-state index in [4.69, 9.17) is 9.47 Å². The van der Waals surface area contributed by atoms with Crippen molar-refractivity contribution >= 4 is 16.7 Å². The Morgan fingerprint density at radius 2 is 1.96 bits per heavy atom. The normalized spacial score (nSPS) is 12.9. The minimum atomic E-state index is 0.141. The van der Waals surface area contributed by atoms with Crippen molar-refractivity contribution in [3.05, 3.63) is 59.3 Å². The number of aryl methyl sites for hydroxylation is 1. The summed E-state index contributed by atoms with van der Waals surface area (Å²) in [6.07, 6.45) is 0. The molecule has 4 rings (SSSR count). The fourth-order valence-corrected chi connectivity index (χ4v) is 3.50. The number of para-hydroxylation sites is 1. The number of carbonyl (C=O) groups excluding carboxylic acids is 1. The SMILES string of the molecule is CCN(CC(=O)c1c(C)[nH]c2ccccc12)Cc1ccc2c(c1)OCO2. The van der Waals surface area contributed by atoms with E-state index in [0.29, 0.717) is 13.1 Å². The molecule has 1 N–H and O–H groups in total. The third-order valence-electron chi connectivity index (χ3n) is 4.83. The molecule has 0 amide bonds. The lowest BCUT2D eigenvalue weighted by Gasteiger charge is -2.20. The van der Waals surface area contributed by atoms with Crippen LogP contribution in [0.1, 0.15) is 28.5 Å². The molecule has 0 bridgehead atoms. The van der Waals surface area contributed by atoms with Gasteiger partial charge in [-0.05, 0) is 37.2 Å². The highest BCUT2D eigenvalue weighted by Crippen LogP contribution is 2.32. The van der Waals surface area contributed by atoms with E-state index in [-0.39, 0.29) is 12.6 Å². The third kappa shape index (κ3) is 3.06. The standard InChI is InChI=1S/C21H22N2O3/c1-3-23(11-15-8-9-19-20(10-15)26-13-25-19)12-18(24)21-14(2)22-17-7-5-4-6-16(17)21/h4-10,22H,3,11-13H2,1-2H3. The maximum atomic E-state index is 13.0. The number of benzene rings is 2. The average Bonchev–Trinajstić information content (AvgIpc) is 3.23. The van der Waals surface area contributed by atoms with E-state index in [1.54, 1.807) is 0 Å². The number of aromatic amines is 1. The summed E-state index contributed by atoms with van der Waals surface area (Å²) >= 11 is 0. The van der Waals surface area contributed by atoms with Crippen molar-refractivity contribution < 1.29 is 14.3 Å². The third-order valence-corrected chi connectivity index (χ3v) is 4.83. The molecule has 5 heteroatoms. The van der Waals surface area contributed by atoms with E-state index in [0.717, 1.165) is 45.8 Å². The summed E-state index contributed by atoms with van der Waals surface area (Å²) in [4.78, 5) is 18.4. The molecule has 26 heavy (non-hydrogen) atoms. The first kappa shape index (κ1) is 16.7. The Balaban J connectivity index is 1.52. The van der Waals surface area contributed by atoms with Crippen LogP contribution in [0.4, 0.5) is 0 Å². The topological polar surface area (TPSA) is 54.6 Å². The molecule has 0 spiro atoms. The number of likely N-dealkylation sites (N-methyl/N-ethyl adjacent to an activating group) is 1. The maximum absolute atomic E-state index is 13.0. The van der Waals surface area contributed by atoms with Crippen molar-refractivity contribution in [1.82, 2.24) is 9.88 Å². The van der Waals surface area contributed by atoms with Gasteiger partial charge in [0.05, 0.1) is 6.54 Å². The highest BCUT2D eigenvalue weighted by atomic mass is 16.7. The van der Waals surface area contributed by atoms with Crippen LogP contribution in [0.2, 0.25) is 0 Å². The summed E-state index contributed by atoms with van der Waals surface area (Å²) in [7, 11) is 0. The lowest BCUT2D eigenvalue weighted by Crippen LogP contribution is -2.29. The molecule has 0 fully saturated rings. The molecule has 1 aliphatic heterocycles. The molecule has 0 saturated carbocycles. The van der Waals surface area contributed by atoms with Crippen LogP contribution in [0.15, 0.2) is 42.5 Å². The van der Waals surface area contributed by atoms with Gasteiger partial charge in [0, 0.05) is 28.7 Å². The smallest absolute Gasteiger partial charge is 0.231 e. The van der Waals surface area contributed by atoms with Crippen LogP contribution >= 0.6 is 0 Å². The van der Waals surface area contributed by atoms with Crippen LogP contribution in [0.5, 0.6) is 11.5 Å². The van der Waals surface area contributed by atoms with Crippen molar-refractivity contribution in [2.24, 2.45) is 0 Å². The van der Waals surface area contributed by atoms with Gasteiger partial charge < -0.3 is 14.5 Å². The Morgan fingerprint density at radius 3 is 2.81 bits per heavy atom. The highest BCUT2D eigenvalue weighted by Gasteiger charge is 2.19. The number of hydrogen-bond acceptors (Lipinski definition) is 4. The molecule has 134 valence electrons. The molecule has 2 heterocycles. The quantitative estimate of drug-likeness (QED) is 0.685. The monoisotopic (exact) mass is 350 g/mol. The molecule has 1 aromatic heterocycles. The minimum Gasteiger partial charge on any atom is -0.454 e. The Hall–Kier alpha value is -2.79. The van der Waals surface area contributed by atoms with Crippen LogP contribution < -0.4 is 9.47 Å². The number of fused-ring (bicyclic) bond motifs is 2. The second kappa shape index (κ2) is 6.84. The molecule has 0 atom stereocenters. The largest absolute Gasteiger partial charge is 0.454 e. The van der Waals surface area contributed by atoms with Crippen molar-refractivity contribution in [3.63, 3.8) is 0 Å². The molecule has 0 unspecified atom stereocenters. The number of ether oxygens (including phenoxy) is 2. The number of nitrogens with zero attached hydrogens (tertiary/aromatic N) is 1. The van der Waals surface area contributed by atoms with Gasteiger partial charge in [-0.25, -0.2) is 0 Å². The average molecular weight is 350 g/mol. The summed E-state index contributed by atoms with van der Waals surface area (Å²) in [6.45, 7) is 6.17. The summed E-state index contributed by atoms with van der Waals surface area (Å²) in [5.74, 6) is 1.70. The predicted molar refractivity (Wildman–Crippen MR) is 101 cm³/mol. The number of H-pyrrole nitrogens is 1. The Bertz CT molecular complexity index is 961. The Kier molecular flexibility index (Phi) is 4.39. The van der Waals surface area contributed by atoms with E-state index >= 15 is 0 Å². The maximum Gasteiger partial charge on any atom is 0.231 e. The predicted octanol–water partition coefficient (Wildman–Crippen LogP) is 3.91. The number of Topliss-reactive ketones (excluding diaryl/α,β-unsaturated/α-hetero) is 1. The van der Waals surface area contributed by atoms with Crippen molar-refractivity contribution in [3.8, 4) is 11.5 Å². The number of nitrogens with one attached hydrogen (secondary N) is 1. The summed E-state index contributed by atoms with van der Waals surface area (Å²) in [6, 6.07) is 13.9. The van der Waals surface area contributed by atoms with Gasteiger partial charge in [0.1, 0.15) is 0 Å². The van der Waals surface area contributed by atoms with Crippen molar-refractivity contribution in [2.45, 2.75) is 20.4 Å². The zero-order valence-corrected chi connectivity index (χ0v) is 15.0. The number of carbonyl (C=O) groups is 1. The fraction of sp³-hybridized carbons (Fsp3) is 0.286. The van der Waals surface area contributed by atoms with E-state index in [1.165, 1.54) is 0 Å². The Labute approximate surface area is 152 Å². The first-order valence-electron chi connectivity index (χ1n) is 8.87. The van der Waals surface area contributed by atoms with Gasteiger partial charge in [0.25, 0.3) is 0 Å². The van der Waals surface area contributed by atoms with Crippen LogP contribution in [-0.4, -0.2) is 35.5 Å². The first-order valence-corrected chi connectivity index (χ1v) is 8.87. The lowest BCUT2D eigenvalue weighted by atomic mass is 10.1. The fourth-order valence-electron chi connectivity index (χ4n) is 3.50. The van der Waals surface area contributed by atoms with Gasteiger partial charge in [-0.2, -0.15) is 0 Å². The first-order chi connectivity index (χ1) is 12.7. The molecule has 0 aliphatic carbocycles. The Morgan fingerprint density at radius 1 is 1.15 bits per heavy atom. The lowest BCUT2D eigenvalue weighted by molar-refractivity contribution is 0.0930. The van der Waals surface area contributed by atoms with E-state index < -0.39 is 0 Å². The molecule has 3 aromatic rings. The van der Waals surface area contributed by atoms with E-state index in [2.05, 4.69) is 16.8 Å². The van der Waals surface area contributed by atoms with Crippen molar-refractivity contribution in [1.29, 1.82) is 0 Å². The van der Waals surface area contributed by atoms with E-state index in [1.807, 2.05) is 49.4 Å². The second-order valence-corrected chi connectivity index (χ2v) is 6.58. The van der Waals surface area contributed by atoms with Gasteiger partial charge in [0.15, 0.2) is 17.3 Å². The van der Waals surface area contributed by atoms with Gasteiger partial charge in [-0.3, -0.25) is 9.69 Å². The zero-order valence-electron chi connectivity index (χ0n) is 15.0. The van der Waals surface area contributed by atoms with Crippen LogP contribution in [-0.2, 0) is 6.54 Å². The highest BCUT2D eigenvalue weighted by molar-refractivity contribution is 6.10. The number of hydrogen-bond donors (Lipinski definition) is 1. The molecular formula is C21H22N2O3. The summed E-state index contributed by atoms with van der Waals surface area (Å²) in [5.41, 5.74) is 3.84. The molecule has 5 nitrogen and oxygen atoms in total. The van der Waals surface area contributed by atoms with Gasteiger partial charge >= 0.3 is 0 Å².